The van der Waals surface area contributed by atoms with Crippen molar-refractivity contribution in [3.63, 3.8) is 0 Å². The first-order valence-corrected chi connectivity index (χ1v) is 10.2. The zero-order valence-corrected chi connectivity index (χ0v) is 16.9. The summed E-state index contributed by atoms with van der Waals surface area (Å²) in [4.78, 5) is 0. The summed E-state index contributed by atoms with van der Waals surface area (Å²) in [5, 5.41) is 8.88. The molecule has 0 saturated carbocycles. The van der Waals surface area contributed by atoms with Gasteiger partial charge < -0.3 is 9.47 Å². The van der Waals surface area contributed by atoms with Gasteiger partial charge in [-0.2, -0.15) is 5.26 Å². The number of nitriles is 1. The molecule has 3 aromatic rings. The van der Waals surface area contributed by atoms with Gasteiger partial charge >= 0.3 is 0 Å². The van der Waals surface area contributed by atoms with Crippen LogP contribution >= 0.6 is 0 Å². The Hall–Kier alpha value is -3.25. The molecule has 0 unspecified atom stereocenters. The molecule has 0 saturated heterocycles. The monoisotopic (exact) mass is 385 g/mol. The van der Waals surface area contributed by atoms with E-state index in [4.69, 9.17) is 14.7 Å². The fourth-order valence-electron chi connectivity index (χ4n) is 3.05. The van der Waals surface area contributed by atoms with Crippen molar-refractivity contribution in [3.05, 3.63) is 83.9 Å². The molecule has 0 heterocycles. The molecule has 3 aromatic carbocycles. The highest BCUT2D eigenvalue weighted by Crippen LogP contribution is 2.23. The van der Waals surface area contributed by atoms with Gasteiger partial charge in [-0.15, -0.1) is 0 Å². The summed E-state index contributed by atoms with van der Waals surface area (Å²) in [7, 11) is 0. The van der Waals surface area contributed by atoms with Gasteiger partial charge in [-0.3, -0.25) is 0 Å². The number of hydrogen-bond donors (Lipinski definition) is 0. The third-order valence-electron chi connectivity index (χ3n) is 4.80. The van der Waals surface area contributed by atoms with Gasteiger partial charge in [0.1, 0.15) is 11.5 Å². The Bertz CT molecular complexity index is 907. The second-order valence-corrected chi connectivity index (χ2v) is 7.14. The van der Waals surface area contributed by atoms with Gasteiger partial charge in [0.15, 0.2) is 0 Å². The van der Waals surface area contributed by atoms with Gasteiger partial charge in [0.2, 0.25) is 0 Å². The molecule has 3 rings (SSSR count). The Balaban J connectivity index is 1.29. The highest BCUT2D eigenvalue weighted by Gasteiger charge is 2.00. The third-order valence-corrected chi connectivity index (χ3v) is 4.80. The zero-order chi connectivity index (χ0) is 20.3. The minimum Gasteiger partial charge on any atom is -0.494 e. The summed E-state index contributed by atoms with van der Waals surface area (Å²) in [5.41, 5.74) is 4.15. The van der Waals surface area contributed by atoms with E-state index in [2.05, 4.69) is 37.3 Å². The first kappa shape index (κ1) is 20.5. The molecular formula is C26H27NO2. The maximum Gasteiger partial charge on any atom is 0.119 e. The molecule has 0 bridgehead atoms. The molecule has 0 aromatic heterocycles. The van der Waals surface area contributed by atoms with Crippen molar-refractivity contribution >= 4 is 0 Å². The predicted octanol–water partition coefficient (Wildman–Crippen LogP) is 6.55. The van der Waals surface area contributed by atoms with Crippen LogP contribution in [0.1, 0.15) is 36.8 Å². The summed E-state index contributed by atoms with van der Waals surface area (Å²) >= 11 is 0. The lowest BCUT2D eigenvalue weighted by Crippen LogP contribution is -1.99. The van der Waals surface area contributed by atoms with Gasteiger partial charge in [-0.1, -0.05) is 42.0 Å². The lowest BCUT2D eigenvalue weighted by molar-refractivity contribution is 0.287. The van der Waals surface area contributed by atoms with E-state index in [0.717, 1.165) is 61.5 Å². The molecule has 0 aliphatic heterocycles. The SMILES string of the molecule is Cc1ccc(OCCCCCCOc2ccc(-c3ccc(C#N)cc3)cc2)cc1. The highest BCUT2D eigenvalue weighted by molar-refractivity contribution is 5.64. The topological polar surface area (TPSA) is 42.2 Å². The van der Waals surface area contributed by atoms with Gasteiger partial charge in [-0.25, -0.2) is 0 Å². The Kier molecular flexibility index (Phi) is 7.72. The summed E-state index contributed by atoms with van der Waals surface area (Å²) in [6.45, 7) is 3.57. The van der Waals surface area contributed by atoms with Crippen LogP contribution in [0.25, 0.3) is 11.1 Å². The van der Waals surface area contributed by atoms with Crippen LogP contribution in [0.4, 0.5) is 0 Å². The Morgan fingerprint density at radius 2 is 1.07 bits per heavy atom. The molecule has 148 valence electrons. The van der Waals surface area contributed by atoms with Crippen molar-refractivity contribution in [1.82, 2.24) is 0 Å². The summed E-state index contributed by atoms with van der Waals surface area (Å²) in [6.07, 6.45) is 4.39. The smallest absolute Gasteiger partial charge is 0.119 e. The second-order valence-electron chi connectivity index (χ2n) is 7.14. The van der Waals surface area contributed by atoms with Crippen LogP contribution < -0.4 is 9.47 Å². The molecule has 0 N–H and O–H groups in total. The third kappa shape index (κ3) is 6.69. The number of rotatable bonds is 10. The number of ether oxygens (including phenoxy) is 2. The minimum atomic E-state index is 0.676. The van der Waals surface area contributed by atoms with Crippen molar-refractivity contribution in [2.75, 3.05) is 13.2 Å². The fraction of sp³-hybridized carbons (Fsp3) is 0.269. The van der Waals surface area contributed by atoms with E-state index in [9.17, 15) is 0 Å². The molecule has 0 amide bonds. The van der Waals surface area contributed by atoms with Crippen LogP contribution in [-0.2, 0) is 0 Å². The molecule has 29 heavy (non-hydrogen) atoms. The van der Waals surface area contributed by atoms with Gasteiger partial charge in [0, 0.05) is 0 Å². The molecular weight excluding hydrogens is 358 g/mol. The summed E-state index contributed by atoms with van der Waals surface area (Å²) < 4.78 is 11.6. The average molecular weight is 386 g/mol. The lowest BCUT2D eigenvalue weighted by Gasteiger charge is -2.08. The van der Waals surface area contributed by atoms with E-state index in [1.807, 2.05) is 48.5 Å². The van der Waals surface area contributed by atoms with Crippen molar-refractivity contribution in [1.29, 1.82) is 5.26 Å². The largest absolute Gasteiger partial charge is 0.494 e. The van der Waals surface area contributed by atoms with E-state index in [1.165, 1.54) is 5.56 Å². The lowest BCUT2D eigenvalue weighted by atomic mass is 10.0. The Morgan fingerprint density at radius 3 is 1.55 bits per heavy atom. The Labute approximate surface area is 173 Å². The normalized spacial score (nSPS) is 10.3. The van der Waals surface area contributed by atoms with E-state index in [-0.39, 0.29) is 0 Å². The predicted molar refractivity (Wildman–Crippen MR) is 117 cm³/mol. The van der Waals surface area contributed by atoms with Crippen LogP contribution in [0.3, 0.4) is 0 Å². The fourth-order valence-corrected chi connectivity index (χ4v) is 3.05. The molecule has 0 atom stereocenters. The summed E-state index contributed by atoms with van der Waals surface area (Å²) in [5.74, 6) is 1.84. The van der Waals surface area contributed by atoms with Gasteiger partial charge in [-0.05, 0) is 80.1 Å². The van der Waals surface area contributed by atoms with Crippen LogP contribution in [0.2, 0.25) is 0 Å². The Morgan fingerprint density at radius 1 is 0.621 bits per heavy atom. The number of benzene rings is 3. The van der Waals surface area contributed by atoms with Crippen LogP contribution in [0.5, 0.6) is 11.5 Å². The maximum absolute atomic E-state index is 8.88. The van der Waals surface area contributed by atoms with E-state index in [1.54, 1.807) is 0 Å². The standard InChI is InChI=1S/C26H27NO2/c1-21-6-14-25(15-7-21)28-18-4-2-3-5-19-29-26-16-12-24(13-17-26)23-10-8-22(20-27)9-11-23/h6-17H,2-5,18-19H2,1H3. The summed E-state index contributed by atoms with van der Waals surface area (Å²) in [6, 6.07) is 26.1. The zero-order valence-electron chi connectivity index (χ0n) is 16.9. The van der Waals surface area contributed by atoms with Crippen LogP contribution in [-0.4, -0.2) is 13.2 Å². The average Bonchev–Trinajstić information content (AvgIpc) is 2.77. The van der Waals surface area contributed by atoms with E-state index in [0.29, 0.717) is 5.56 Å². The number of aryl methyl sites for hydroxylation is 1. The molecule has 0 radical (unpaired) electrons. The molecule has 0 fully saturated rings. The first-order valence-electron chi connectivity index (χ1n) is 10.2. The number of nitrogens with zero attached hydrogens (tertiary/aromatic N) is 1. The maximum atomic E-state index is 8.88. The van der Waals surface area contributed by atoms with Crippen molar-refractivity contribution in [2.45, 2.75) is 32.6 Å². The minimum absolute atomic E-state index is 0.676. The molecule has 3 heteroatoms. The van der Waals surface area contributed by atoms with Gasteiger partial charge in [0.25, 0.3) is 0 Å². The van der Waals surface area contributed by atoms with Crippen LogP contribution in [0.15, 0.2) is 72.8 Å². The first-order chi connectivity index (χ1) is 14.2. The quantitative estimate of drug-likeness (QED) is 0.372. The second kappa shape index (κ2) is 10.9. The van der Waals surface area contributed by atoms with Crippen molar-refractivity contribution in [3.8, 4) is 28.7 Å². The van der Waals surface area contributed by atoms with E-state index >= 15 is 0 Å². The molecule has 0 spiro atoms. The highest BCUT2D eigenvalue weighted by atomic mass is 16.5. The van der Waals surface area contributed by atoms with E-state index < -0.39 is 0 Å². The van der Waals surface area contributed by atoms with Crippen molar-refractivity contribution in [2.24, 2.45) is 0 Å². The molecule has 3 nitrogen and oxygen atoms in total. The van der Waals surface area contributed by atoms with Gasteiger partial charge in [0.05, 0.1) is 24.8 Å². The molecule has 0 aliphatic carbocycles. The molecule has 0 aliphatic rings. The number of hydrogen-bond acceptors (Lipinski definition) is 3. The van der Waals surface area contributed by atoms with Crippen molar-refractivity contribution < 1.29 is 9.47 Å². The van der Waals surface area contributed by atoms with Crippen LogP contribution in [0, 0.1) is 18.3 Å². The number of unbranched alkanes of at least 4 members (excludes halogenated alkanes) is 3.